The van der Waals surface area contributed by atoms with Gasteiger partial charge in [-0.2, -0.15) is 0 Å². The highest BCUT2D eigenvalue weighted by atomic mass is 79.9. The van der Waals surface area contributed by atoms with Gasteiger partial charge in [-0.1, -0.05) is 104 Å². The van der Waals surface area contributed by atoms with Crippen LogP contribution < -0.4 is 0 Å². The topological polar surface area (TPSA) is 0 Å². The van der Waals surface area contributed by atoms with E-state index in [-0.39, 0.29) is 4.32 Å². The van der Waals surface area contributed by atoms with E-state index in [4.69, 9.17) is 0 Å². The molecule has 1 aliphatic rings. The van der Waals surface area contributed by atoms with Crippen molar-refractivity contribution < 1.29 is 0 Å². The molecule has 0 saturated heterocycles. The Morgan fingerprint density at radius 2 is 1.80 bits per heavy atom. The first kappa shape index (κ1) is 15.6. The Morgan fingerprint density at radius 1 is 1.05 bits per heavy atom. The quantitative estimate of drug-likeness (QED) is 0.393. The third-order valence-electron chi connectivity index (χ3n) is 4.03. The molecular formula is C19H25Br. The molecule has 2 rings (SSSR count). The fraction of sp³-hybridized carbons (Fsp3) is 0.474. The molecule has 0 amide bonds. The van der Waals surface area contributed by atoms with Crippen LogP contribution in [0.3, 0.4) is 0 Å². The van der Waals surface area contributed by atoms with Crippen molar-refractivity contribution >= 4 is 21.5 Å². The van der Waals surface area contributed by atoms with Crippen LogP contribution in [0.1, 0.15) is 57.4 Å². The zero-order valence-corrected chi connectivity index (χ0v) is 14.0. The van der Waals surface area contributed by atoms with Crippen LogP contribution in [0, 0.1) is 0 Å². The van der Waals surface area contributed by atoms with E-state index >= 15 is 0 Å². The minimum Gasteiger partial charge on any atom is -0.0804 e. The second-order valence-corrected chi connectivity index (χ2v) is 7.34. The van der Waals surface area contributed by atoms with Crippen molar-refractivity contribution in [2.24, 2.45) is 0 Å². The average molecular weight is 333 g/mol. The van der Waals surface area contributed by atoms with Gasteiger partial charge in [0.2, 0.25) is 0 Å². The summed E-state index contributed by atoms with van der Waals surface area (Å²) in [6, 6.07) is 10.6. The fourth-order valence-corrected chi connectivity index (χ4v) is 3.28. The molecule has 1 aliphatic carbocycles. The minimum absolute atomic E-state index is 0.192. The van der Waals surface area contributed by atoms with Gasteiger partial charge in [0, 0.05) is 4.32 Å². The van der Waals surface area contributed by atoms with Crippen LogP contribution in [0.4, 0.5) is 0 Å². The lowest BCUT2D eigenvalue weighted by Gasteiger charge is -2.26. The van der Waals surface area contributed by atoms with E-state index in [9.17, 15) is 0 Å². The fourth-order valence-electron chi connectivity index (χ4n) is 2.71. The molecule has 0 spiro atoms. The van der Waals surface area contributed by atoms with Gasteiger partial charge in [-0.05, 0) is 24.0 Å². The molecule has 0 aromatic heterocycles. The van der Waals surface area contributed by atoms with Gasteiger partial charge in [0.15, 0.2) is 0 Å². The molecule has 0 saturated carbocycles. The molecule has 0 fully saturated rings. The summed E-state index contributed by atoms with van der Waals surface area (Å²) in [5.74, 6) is 0. The smallest absolute Gasteiger partial charge is 0.0474 e. The summed E-state index contributed by atoms with van der Waals surface area (Å²) >= 11 is 3.93. The van der Waals surface area contributed by atoms with Gasteiger partial charge >= 0.3 is 0 Å². The Morgan fingerprint density at radius 3 is 2.45 bits per heavy atom. The number of hydrogen-bond acceptors (Lipinski definition) is 0. The van der Waals surface area contributed by atoms with Gasteiger partial charge < -0.3 is 0 Å². The first-order valence-electron chi connectivity index (χ1n) is 7.87. The van der Waals surface area contributed by atoms with Crippen molar-refractivity contribution in [3.05, 3.63) is 54.1 Å². The highest BCUT2D eigenvalue weighted by Crippen LogP contribution is 2.37. The van der Waals surface area contributed by atoms with Gasteiger partial charge in [-0.15, -0.1) is 0 Å². The first-order chi connectivity index (χ1) is 9.73. The lowest BCUT2D eigenvalue weighted by molar-refractivity contribution is 0.560. The van der Waals surface area contributed by atoms with Crippen molar-refractivity contribution in [1.82, 2.24) is 0 Å². The number of allylic oxidation sites excluding steroid dienone is 4. The van der Waals surface area contributed by atoms with E-state index in [0.29, 0.717) is 0 Å². The van der Waals surface area contributed by atoms with Crippen LogP contribution in [0.25, 0.3) is 5.57 Å². The zero-order valence-electron chi connectivity index (χ0n) is 12.4. The van der Waals surface area contributed by atoms with Gasteiger partial charge in [-0.3, -0.25) is 0 Å². The van der Waals surface area contributed by atoms with Crippen LogP contribution in [0.2, 0.25) is 0 Å². The van der Waals surface area contributed by atoms with Gasteiger partial charge in [-0.25, -0.2) is 0 Å². The number of rotatable bonds is 7. The summed E-state index contributed by atoms with van der Waals surface area (Å²) in [5, 5.41) is 0. The summed E-state index contributed by atoms with van der Waals surface area (Å²) in [4.78, 5) is 0. The Bertz CT molecular complexity index is 458. The van der Waals surface area contributed by atoms with E-state index in [1.54, 1.807) is 0 Å². The normalized spacial score (nSPS) is 21.8. The van der Waals surface area contributed by atoms with E-state index in [1.807, 2.05) is 0 Å². The molecule has 108 valence electrons. The minimum atomic E-state index is 0.192. The number of unbranched alkanes of at least 4 members (excludes halogenated alkanes) is 4. The van der Waals surface area contributed by atoms with E-state index in [2.05, 4.69) is 71.4 Å². The third kappa shape index (κ3) is 4.63. The molecule has 20 heavy (non-hydrogen) atoms. The van der Waals surface area contributed by atoms with Crippen molar-refractivity contribution in [3.63, 3.8) is 0 Å². The van der Waals surface area contributed by atoms with E-state index in [0.717, 1.165) is 6.42 Å². The lowest BCUT2D eigenvalue weighted by Crippen LogP contribution is -2.18. The summed E-state index contributed by atoms with van der Waals surface area (Å²) in [6.07, 6.45) is 16.1. The second kappa shape index (κ2) is 7.83. The Hall–Kier alpha value is -0.820. The van der Waals surface area contributed by atoms with Gasteiger partial charge in [0.05, 0.1) is 0 Å². The Kier molecular flexibility index (Phi) is 6.09. The predicted molar refractivity (Wildman–Crippen MR) is 93.2 cm³/mol. The molecule has 0 heterocycles. The molecule has 1 heteroatoms. The molecule has 1 atom stereocenters. The summed E-state index contributed by atoms with van der Waals surface area (Å²) < 4.78 is 0.192. The van der Waals surface area contributed by atoms with Crippen LogP contribution in [0.5, 0.6) is 0 Å². The first-order valence-corrected chi connectivity index (χ1v) is 8.66. The Labute approximate surface area is 132 Å². The largest absolute Gasteiger partial charge is 0.0804 e. The second-order valence-electron chi connectivity index (χ2n) is 5.76. The van der Waals surface area contributed by atoms with Gasteiger partial charge in [0.1, 0.15) is 0 Å². The van der Waals surface area contributed by atoms with Crippen molar-refractivity contribution in [2.75, 3.05) is 0 Å². The molecular weight excluding hydrogens is 308 g/mol. The van der Waals surface area contributed by atoms with Crippen molar-refractivity contribution in [2.45, 2.75) is 56.2 Å². The van der Waals surface area contributed by atoms with Crippen LogP contribution in [0.15, 0.2) is 48.6 Å². The molecule has 0 aliphatic heterocycles. The van der Waals surface area contributed by atoms with Crippen molar-refractivity contribution in [1.29, 1.82) is 0 Å². The number of benzene rings is 1. The van der Waals surface area contributed by atoms with Crippen molar-refractivity contribution in [3.8, 4) is 0 Å². The zero-order chi connectivity index (χ0) is 14.3. The summed E-state index contributed by atoms with van der Waals surface area (Å²) in [7, 11) is 0. The average Bonchev–Trinajstić information content (AvgIpc) is 2.49. The highest BCUT2D eigenvalue weighted by Gasteiger charge is 2.24. The molecule has 1 unspecified atom stereocenters. The molecule has 0 radical (unpaired) electrons. The Balaban J connectivity index is 1.83. The molecule has 0 nitrogen and oxygen atoms in total. The monoisotopic (exact) mass is 332 g/mol. The molecule has 1 aromatic carbocycles. The molecule has 1 aromatic rings. The van der Waals surface area contributed by atoms with Gasteiger partial charge in [0.25, 0.3) is 0 Å². The number of hydrogen-bond donors (Lipinski definition) is 0. The standard InChI is InChI=1S/C19H25Br/c1-2-3-4-5-9-14-19(20)15-12-18(13-16-19)17-10-7-6-8-11-17/h6-8,10-13,15H,2-5,9,14,16H2,1H3. The molecule has 0 bridgehead atoms. The van der Waals surface area contributed by atoms with E-state index < -0.39 is 0 Å². The maximum absolute atomic E-state index is 3.93. The number of alkyl halides is 1. The maximum Gasteiger partial charge on any atom is 0.0474 e. The summed E-state index contributed by atoms with van der Waals surface area (Å²) in [6.45, 7) is 2.27. The SMILES string of the molecule is CCCCCCCC1(Br)C=CC(c2ccccc2)=CC1. The molecule has 0 N–H and O–H groups in total. The van der Waals surface area contributed by atoms with Crippen LogP contribution in [-0.2, 0) is 0 Å². The maximum atomic E-state index is 3.93. The number of halogens is 1. The van der Waals surface area contributed by atoms with Crippen LogP contribution in [-0.4, -0.2) is 4.32 Å². The van der Waals surface area contributed by atoms with E-state index in [1.165, 1.54) is 49.7 Å². The predicted octanol–water partition coefficient (Wildman–Crippen LogP) is 6.52. The lowest BCUT2D eigenvalue weighted by atomic mass is 9.89. The highest BCUT2D eigenvalue weighted by molar-refractivity contribution is 9.10. The third-order valence-corrected chi connectivity index (χ3v) is 5.01. The van der Waals surface area contributed by atoms with Crippen LogP contribution >= 0.6 is 15.9 Å². The summed E-state index contributed by atoms with van der Waals surface area (Å²) in [5.41, 5.74) is 2.67.